The normalized spacial score (nSPS) is 20.1. The molecule has 0 aliphatic carbocycles. The Hall–Kier alpha value is -2.49. The SMILES string of the molecule is [2H]C([2H])([2H])c1ccc2c3c1c1ccccc1c1nc(C)c(n13)C(F)(F)C2(C)C. The molecule has 2 aromatic carbocycles. The van der Waals surface area contributed by atoms with Crippen molar-refractivity contribution in [3.05, 3.63) is 58.9 Å². The number of aryl methyl sites for hydroxylation is 2. The standard InChI is InChI=1S/C21H18F2N2/c1-11-9-10-15-17-16(11)13-7-5-6-8-14(13)19-24-12(2)18(25(17)19)21(22,23)20(15,3)4/h5-10H,1-4H3/i1D3. The summed E-state index contributed by atoms with van der Waals surface area (Å²) in [6, 6.07) is 10.3. The number of pyridine rings is 1. The predicted molar refractivity (Wildman–Crippen MR) is 96.6 cm³/mol. The fourth-order valence-electron chi connectivity index (χ4n) is 4.26. The van der Waals surface area contributed by atoms with Crippen LogP contribution in [0.15, 0.2) is 36.4 Å². The Morgan fingerprint density at radius 3 is 2.52 bits per heavy atom. The van der Waals surface area contributed by atoms with Crippen LogP contribution in [-0.2, 0) is 11.3 Å². The molecule has 0 saturated heterocycles. The molecule has 0 saturated carbocycles. The molecule has 0 spiro atoms. The van der Waals surface area contributed by atoms with Gasteiger partial charge in [-0.1, -0.05) is 36.4 Å². The molecule has 0 unspecified atom stereocenters. The molecule has 4 heteroatoms. The highest BCUT2D eigenvalue weighted by atomic mass is 19.3. The van der Waals surface area contributed by atoms with Gasteiger partial charge in [0, 0.05) is 14.9 Å². The van der Waals surface area contributed by atoms with E-state index in [-0.39, 0.29) is 17.0 Å². The second-order valence-electron chi connectivity index (χ2n) is 7.33. The molecule has 0 radical (unpaired) electrons. The lowest BCUT2D eigenvalue weighted by Crippen LogP contribution is -2.42. The minimum absolute atomic E-state index is 0.154. The van der Waals surface area contributed by atoms with Gasteiger partial charge in [-0.3, -0.25) is 4.40 Å². The average molecular weight is 339 g/mol. The maximum Gasteiger partial charge on any atom is 0.298 e. The molecular weight excluding hydrogens is 318 g/mol. The minimum atomic E-state index is -3.15. The van der Waals surface area contributed by atoms with Gasteiger partial charge >= 0.3 is 0 Å². The van der Waals surface area contributed by atoms with E-state index in [0.29, 0.717) is 27.5 Å². The number of rotatable bonds is 0. The van der Waals surface area contributed by atoms with Gasteiger partial charge in [0.25, 0.3) is 5.92 Å². The number of hydrogen-bond acceptors (Lipinski definition) is 1. The van der Waals surface area contributed by atoms with Gasteiger partial charge in [0.2, 0.25) is 0 Å². The number of alkyl halides is 2. The van der Waals surface area contributed by atoms with E-state index < -0.39 is 18.2 Å². The van der Waals surface area contributed by atoms with Gasteiger partial charge in [-0.05, 0) is 44.1 Å². The Morgan fingerprint density at radius 1 is 1.08 bits per heavy atom. The van der Waals surface area contributed by atoms with Crippen molar-refractivity contribution >= 4 is 27.3 Å². The van der Waals surface area contributed by atoms with Gasteiger partial charge in [-0.25, -0.2) is 4.98 Å². The van der Waals surface area contributed by atoms with Crippen molar-refractivity contribution in [2.24, 2.45) is 0 Å². The van der Waals surface area contributed by atoms with Crippen LogP contribution in [0.3, 0.4) is 0 Å². The quantitative estimate of drug-likeness (QED) is 0.379. The van der Waals surface area contributed by atoms with Crippen LogP contribution in [0, 0.1) is 13.8 Å². The topological polar surface area (TPSA) is 17.3 Å². The highest BCUT2D eigenvalue weighted by Crippen LogP contribution is 2.54. The molecule has 4 aromatic rings. The number of halogens is 2. The van der Waals surface area contributed by atoms with Crippen LogP contribution in [0.2, 0.25) is 0 Å². The number of hydrogen-bond donors (Lipinski definition) is 0. The average Bonchev–Trinajstić information content (AvgIpc) is 2.97. The van der Waals surface area contributed by atoms with E-state index in [2.05, 4.69) is 4.98 Å². The second-order valence-corrected chi connectivity index (χ2v) is 7.33. The molecule has 0 atom stereocenters. The summed E-state index contributed by atoms with van der Waals surface area (Å²) in [6.07, 6.45) is 0. The Balaban J connectivity index is 2.23. The first-order valence-corrected chi connectivity index (χ1v) is 8.23. The summed E-state index contributed by atoms with van der Waals surface area (Å²) in [5, 5.41) is 1.89. The zero-order valence-electron chi connectivity index (χ0n) is 17.1. The number of fused-ring (bicyclic) bond motifs is 3. The van der Waals surface area contributed by atoms with Crippen LogP contribution in [-0.4, -0.2) is 9.38 Å². The zero-order chi connectivity index (χ0) is 20.2. The molecule has 2 aromatic heterocycles. The third-order valence-corrected chi connectivity index (χ3v) is 5.65. The van der Waals surface area contributed by atoms with Gasteiger partial charge in [0.05, 0.1) is 16.6 Å². The maximum absolute atomic E-state index is 15.6. The number of imidazole rings is 1. The number of nitrogens with zero attached hydrogens (tertiary/aromatic N) is 2. The summed E-state index contributed by atoms with van der Waals surface area (Å²) in [5.41, 5.74) is 0.167. The van der Waals surface area contributed by atoms with Crippen LogP contribution in [0.1, 0.15) is 40.5 Å². The highest BCUT2D eigenvalue weighted by Gasteiger charge is 2.55. The monoisotopic (exact) mass is 339 g/mol. The molecule has 0 bridgehead atoms. The van der Waals surface area contributed by atoms with E-state index in [1.54, 1.807) is 19.1 Å². The Bertz CT molecular complexity index is 1320. The maximum atomic E-state index is 15.6. The molecule has 0 fully saturated rings. The summed E-state index contributed by atoms with van der Waals surface area (Å²) in [5.74, 6) is -3.15. The second kappa shape index (κ2) is 4.18. The molecular formula is C21H18F2N2. The lowest BCUT2D eigenvalue weighted by Gasteiger charge is -2.39. The molecule has 1 aliphatic rings. The van der Waals surface area contributed by atoms with Gasteiger partial charge in [-0.2, -0.15) is 8.78 Å². The first kappa shape index (κ1) is 12.0. The van der Waals surface area contributed by atoms with Crippen molar-refractivity contribution in [3.63, 3.8) is 0 Å². The summed E-state index contributed by atoms with van der Waals surface area (Å²) in [7, 11) is 0. The predicted octanol–water partition coefficient (Wildman–Crippen LogP) is 5.64. The highest BCUT2D eigenvalue weighted by molar-refractivity contribution is 6.14. The zero-order valence-corrected chi connectivity index (χ0v) is 14.1. The van der Waals surface area contributed by atoms with Gasteiger partial charge in [-0.15, -0.1) is 0 Å². The summed E-state index contributed by atoms with van der Waals surface area (Å²) in [6.45, 7) is 2.24. The molecule has 5 rings (SSSR count). The Kier molecular flexibility index (Phi) is 2.00. The first-order chi connectivity index (χ1) is 13.0. The van der Waals surface area contributed by atoms with Gasteiger partial charge in [0.1, 0.15) is 11.3 Å². The van der Waals surface area contributed by atoms with Crippen molar-refractivity contribution in [3.8, 4) is 0 Å². The molecule has 126 valence electrons. The molecule has 1 aliphatic heterocycles. The summed E-state index contributed by atoms with van der Waals surface area (Å²) in [4.78, 5) is 4.49. The van der Waals surface area contributed by atoms with Gasteiger partial charge in [0.15, 0.2) is 0 Å². The smallest absolute Gasteiger partial charge is 0.290 e. The van der Waals surface area contributed by atoms with Crippen LogP contribution in [0.25, 0.3) is 27.3 Å². The minimum Gasteiger partial charge on any atom is -0.290 e. The summed E-state index contributed by atoms with van der Waals surface area (Å²) >= 11 is 0. The van der Waals surface area contributed by atoms with E-state index in [0.717, 1.165) is 5.39 Å². The van der Waals surface area contributed by atoms with Crippen molar-refractivity contribution < 1.29 is 12.9 Å². The summed E-state index contributed by atoms with van der Waals surface area (Å²) < 4.78 is 56.8. The number of aromatic nitrogens is 2. The molecule has 0 N–H and O–H groups in total. The molecule has 2 nitrogen and oxygen atoms in total. The van der Waals surface area contributed by atoms with Crippen LogP contribution >= 0.6 is 0 Å². The largest absolute Gasteiger partial charge is 0.298 e. The molecule has 0 amide bonds. The van der Waals surface area contributed by atoms with E-state index in [1.807, 2.05) is 18.2 Å². The van der Waals surface area contributed by atoms with Crippen LogP contribution in [0.5, 0.6) is 0 Å². The van der Waals surface area contributed by atoms with E-state index >= 15 is 8.78 Å². The van der Waals surface area contributed by atoms with Crippen LogP contribution in [0.4, 0.5) is 8.78 Å². The van der Waals surface area contributed by atoms with Gasteiger partial charge < -0.3 is 0 Å². The third-order valence-electron chi connectivity index (χ3n) is 5.65. The third kappa shape index (κ3) is 1.47. The Labute approximate surface area is 148 Å². The first-order valence-electron chi connectivity index (χ1n) is 9.73. The molecule has 3 heterocycles. The van der Waals surface area contributed by atoms with Crippen molar-refractivity contribution in [1.82, 2.24) is 9.38 Å². The lowest BCUT2D eigenvalue weighted by molar-refractivity contribution is -0.0796. The van der Waals surface area contributed by atoms with Crippen LogP contribution < -0.4 is 0 Å². The van der Waals surface area contributed by atoms with E-state index in [1.165, 1.54) is 24.3 Å². The van der Waals surface area contributed by atoms with Crippen molar-refractivity contribution in [1.29, 1.82) is 0 Å². The fraction of sp³-hybridized carbons (Fsp3) is 0.286. The van der Waals surface area contributed by atoms with Crippen molar-refractivity contribution in [2.75, 3.05) is 0 Å². The lowest BCUT2D eigenvalue weighted by atomic mass is 9.73. The van der Waals surface area contributed by atoms with E-state index in [4.69, 9.17) is 4.11 Å². The molecule has 25 heavy (non-hydrogen) atoms. The van der Waals surface area contributed by atoms with Crippen molar-refractivity contribution in [2.45, 2.75) is 39.0 Å². The van der Waals surface area contributed by atoms with E-state index in [9.17, 15) is 0 Å². The Morgan fingerprint density at radius 2 is 1.80 bits per heavy atom. The number of benzene rings is 2. The fourth-order valence-corrected chi connectivity index (χ4v) is 4.26.